The lowest BCUT2D eigenvalue weighted by molar-refractivity contribution is -0.139. The highest BCUT2D eigenvalue weighted by atomic mass is 35.5. The topological polar surface area (TPSA) is 86.8 Å². The fourth-order valence-electron chi connectivity index (χ4n) is 4.59. The van der Waals surface area contributed by atoms with Crippen LogP contribution in [0.1, 0.15) is 50.3 Å². The number of carbonyl (C=O) groups excluding carboxylic acids is 2. The van der Waals surface area contributed by atoms with E-state index in [1.54, 1.807) is 26.0 Å². The lowest BCUT2D eigenvalue weighted by Gasteiger charge is -2.34. The standard InChI is InChI=1S/C32H37ClF3N3O4S/c1-5-23(4)37-31(41)29(6-2)38(19-18-24-10-8-7-9-11-24)30(40)21-39(44(42,43)26-15-12-22(3)13-16-26)25-14-17-28(33)27(20-25)32(34,35)36/h7-17,20,23,29H,5-6,18-19,21H2,1-4H3,(H,37,41)/t23-,29+/m0/s1. The molecule has 44 heavy (non-hydrogen) atoms. The van der Waals surface area contributed by atoms with E-state index in [-0.39, 0.29) is 23.9 Å². The van der Waals surface area contributed by atoms with Crippen LogP contribution in [0.5, 0.6) is 0 Å². The van der Waals surface area contributed by atoms with Crippen LogP contribution in [0.3, 0.4) is 0 Å². The predicted octanol–water partition coefficient (Wildman–Crippen LogP) is 6.63. The molecule has 0 radical (unpaired) electrons. The lowest BCUT2D eigenvalue weighted by Crippen LogP contribution is -2.54. The van der Waals surface area contributed by atoms with Crippen molar-refractivity contribution >= 4 is 39.1 Å². The SMILES string of the molecule is CC[C@H](C(=O)N[C@@H](C)CC)N(CCc1ccccc1)C(=O)CN(c1ccc(Cl)c(C(F)(F)F)c1)S(=O)(=O)c1ccc(C)cc1. The summed E-state index contributed by atoms with van der Waals surface area (Å²) in [5, 5.41) is 2.27. The van der Waals surface area contributed by atoms with Gasteiger partial charge in [0.25, 0.3) is 10.0 Å². The molecule has 0 aliphatic heterocycles. The van der Waals surface area contributed by atoms with E-state index in [4.69, 9.17) is 11.6 Å². The number of alkyl halides is 3. The quantitative estimate of drug-likeness (QED) is 0.225. The minimum atomic E-state index is -4.88. The van der Waals surface area contributed by atoms with Gasteiger partial charge < -0.3 is 10.2 Å². The van der Waals surface area contributed by atoms with Crippen molar-refractivity contribution in [2.24, 2.45) is 0 Å². The molecule has 3 rings (SSSR count). The maximum absolute atomic E-state index is 14.1. The number of nitrogens with zero attached hydrogens (tertiary/aromatic N) is 2. The van der Waals surface area contributed by atoms with Crippen LogP contribution >= 0.6 is 11.6 Å². The van der Waals surface area contributed by atoms with Crippen LogP contribution in [0.2, 0.25) is 5.02 Å². The van der Waals surface area contributed by atoms with Crippen molar-refractivity contribution in [2.75, 3.05) is 17.4 Å². The smallest absolute Gasteiger partial charge is 0.352 e. The molecule has 2 atom stereocenters. The highest BCUT2D eigenvalue weighted by Gasteiger charge is 2.37. The van der Waals surface area contributed by atoms with E-state index in [1.165, 1.54) is 17.0 Å². The van der Waals surface area contributed by atoms with Gasteiger partial charge in [-0.25, -0.2) is 8.42 Å². The van der Waals surface area contributed by atoms with E-state index in [0.717, 1.165) is 23.3 Å². The number of aryl methyl sites for hydroxylation is 1. The molecule has 3 aromatic carbocycles. The second kappa shape index (κ2) is 14.9. The maximum atomic E-state index is 14.1. The summed E-state index contributed by atoms with van der Waals surface area (Å²) in [6.07, 6.45) is -3.63. The minimum Gasteiger partial charge on any atom is -0.352 e. The van der Waals surface area contributed by atoms with Crippen molar-refractivity contribution in [3.63, 3.8) is 0 Å². The number of sulfonamides is 1. The first kappa shape index (κ1) is 34.9. The molecule has 0 bridgehead atoms. The van der Waals surface area contributed by atoms with Gasteiger partial charge in [-0.1, -0.05) is 73.5 Å². The van der Waals surface area contributed by atoms with Gasteiger partial charge in [0.05, 0.1) is 21.2 Å². The molecule has 0 aromatic heterocycles. The van der Waals surface area contributed by atoms with E-state index in [9.17, 15) is 31.2 Å². The van der Waals surface area contributed by atoms with E-state index < -0.39 is 56.9 Å². The fraction of sp³-hybridized carbons (Fsp3) is 0.375. The van der Waals surface area contributed by atoms with Gasteiger partial charge >= 0.3 is 6.18 Å². The van der Waals surface area contributed by atoms with Crippen molar-refractivity contribution in [1.29, 1.82) is 0 Å². The Morgan fingerprint density at radius 2 is 1.59 bits per heavy atom. The summed E-state index contributed by atoms with van der Waals surface area (Å²) in [7, 11) is -4.54. The number of benzene rings is 3. The first-order chi connectivity index (χ1) is 20.7. The van der Waals surface area contributed by atoms with Crippen LogP contribution in [0.25, 0.3) is 0 Å². The zero-order valence-corrected chi connectivity index (χ0v) is 26.6. The van der Waals surface area contributed by atoms with E-state index in [2.05, 4.69) is 5.32 Å². The van der Waals surface area contributed by atoms with Crippen molar-refractivity contribution in [1.82, 2.24) is 10.2 Å². The van der Waals surface area contributed by atoms with E-state index in [1.807, 2.05) is 44.2 Å². The Bertz CT molecular complexity index is 1530. The number of carbonyl (C=O) groups is 2. The molecule has 2 amide bonds. The zero-order chi connectivity index (χ0) is 32.7. The Balaban J connectivity index is 2.10. The van der Waals surface area contributed by atoms with Gasteiger partial charge in [0.15, 0.2) is 0 Å². The molecule has 1 N–H and O–H groups in total. The van der Waals surface area contributed by atoms with Crippen LogP contribution in [-0.2, 0) is 32.2 Å². The predicted molar refractivity (Wildman–Crippen MR) is 166 cm³/mol. The molecule has 0 spiro atoms. The Morgan fingerprint density at radius 3 is 2.16 bits per heavy atom. The second-order valence-corrected chi connectivity index (χ2v) is 12.8. The molecule has 0 saturated carbocycles. The monoisotopic (exact) mass is 651 g/mol. The molecular weight excluding hydrogens is 615 g/mol. The van der Waals surface area contributed by atoms with E-state index >= 15 is 0 Å². The lowest BCUT2D eigenvalue weighted by atomic mass is 10.1. The van der Waals surface area contributed by atoms with Crippen molar-refractivity contribution < 1.29 is 31.2 Å². The van der Waals surface area contributed by atoms with Gasteiger partial charge in [-0.15, -0.1) is 0 Å². The molecular formula is C32H37ClF3N3O4S. The molecule has 0 fully saturated rings. The van der Waals surface area contributed by atoms with Gasteiger partial charge in [-0.3, -0.25) is 13.9 Å². The summed E-state index contributed by atoms with van der Waals surface area (Å²) in [6.45, 7) is 6.44. The Hall–Kier alpha value is -3.57. The number of rotatable bonds is 13. The second-order valence-electron chi connectivity index (χ2n) is 10.6. The van der Waals surface area contributed by atoms with Crippen LogP contribution < -0.4 is 9.62 Å². The number of anilines is 1. The Kier molecular flexibility index (Phi) is 11.9. The molecule has 0 unspecified atom stereocenters. The summed E-state index contributed by atoms with van der Waals surface area (Å²) in [5.41, 5.74) is 0.0195. The maximum Gasteiger partial charge on any atom is 0.417 e. The fourth-order valence-corrected chi connectivity index (χ4v) is 6.22. The van der Waals surface area contributed by atoms with Gasteiger partial charge in [0.1, 0.15) is 12.6 Å². The summed E-state index contributed by atoms with van der Waals surface area (Å²) in [4.78, 5) is 28.5. The van der Waals surface area contributed by atoms with Crippen molar-refractivity contribution in [3.05, 3.63) is 94.5 Å². The Labute approximate surface area is 262 Å². The third kappa shape index (κ3) is 8.75. The first-order valence-corrected chi connectivity index (χ1v) is 16.1. The molecule has 0 saturated heterocycles. The summed E-state index contributed by atoms with van der Waals surface area (Å²) in [5.74, 6) is -1.15. The average Bonchev–Trinajstić information content (AvgIpc) is 2.98. The van der Waals surface area contributed by atoms with Crippen LogP contribution in [0.15, 0.2) is 77.7 Å². The zero-order valence-electron chi connectivity index (χ0n) is 25.1. The number of hydrogen-bond acceptors (Lipinski definition) is 4. The Morgan fingerprint density at radius 1 is 0.955 bits per heavy atom. The normalized spacial score (nSPS) is 13.2. The summed E-state index contributed by atoms with van der Waals surface area (Å²) in [6, 6.07) is 16.6. The summed E-state index contributed by atoms with van der Waals surface area (Å²) >= 11 is 5.83. The number of halogens is 4. The average molecular weight is 652 g/mol. The van der Waals surface area contributed by atoms with Crippen molar-refractivity contribution in [2.45, 2.75) is 70.1 Å². The first-order valence-electron chi connectivity index (χ1n) is 14.3. The molecule has 0 aliphatic rings. The summed E-state index contributed by atoms with van der Waals surface area (Å²) < 4.78 is 70.0. The van der Waals surface area contributed by atoms with Crippen LogP contribution in [0, 0.1) is 6.92 Å². The van der Waals surface area contributed by atoms with Gasteiger partial charge in [0.2, 0.25) is 11.8 Å². The van der Waals surface area contributed by atoms with Gasteiger partial charge in [-0.2, -0.15) is 13.2 Å². The molecule has 7 nitrogen and oxygen atoms in total. The van der Waals surface area contributed by atoms with Crippen LogP contribution in [-0.4, -0.2) is 50.3 Å². The molecule has 12 heteroatoms. The molecule has 0 heterocycles. The third-order valence-corrected chi connectivity index (χ3v) is 9.42. The van der Waals surface area contributed by atoms with Crippen LogP contribution in [0.4, 0.5) is 18.9 Å². The minimum absolute atomic E-state index is 0.0715. The van der Waals surface area contributed by atoms with Crippen molar-refractivity contribution in [3.8, 4) is 0 Å². The number of amides is 2. The number of hydrogen-bond donors (Lipinski definition) is 1. The third-order valence-electron chi connectivity index (χ3n) is 7.30. The highest BCUT2D eigenvalue weighted by Crippen LogP contribution is 2.38. The van der Waals surface area contributed by atoms with Gasteiger partial charge in [0, 0.05) is 12.6 Å². The van der Waals surface area contributed by atoms with Gasteiger partial charge in [-0.05, 0) is 69.0 Å². The number of nitrogens with one attached hydrogen (secondary N) is 1. The highest BCUT2D eigenvalue weighted by molar-refractivity contribution is 7.92. The molecule has 238 valence electrons. The molecule has 0 aliphatic carbocycles. The molecule has 3 aromatic rings. The van der Waals surface area contributed by atoms with E-state index in [0.29, 0.717) is 23.2 Å². The largest absolute Gasteiger partial charge is 0.417 e.